The number of carbonyl (C=O) groups is 1. The molecule has 4 rings (SSSR count). The Morgan fingerprint density at radius 1 is 1.11 bits per heavy atom. The van der Waals surface area contributed by atoms with E-state index in [0.717, 1.165) is 6.26 Å². The van der Waals surface area contributed by atoms with Gasteiger partial charge in [-0.1, -0.05) is 23.4 Å². The first-order valence-corrected chi connectivity index (χ1v) is 13.2. The third-order valence-electron chi connectivity index (χ3n) is 6.00. The summed E-state index contributed by atoms with van der Waals surface area (Å²) in [6, 6.07) is 16.2. The van der Waals surface area contributed by atoms with Crippen LogP contribution in [0.1, 0.15) is 38.6 Å². The number of amides is 1. The molecule has 9 nitrogen and oxygen atoms in total. The standard InChI is InChI=1S/C27H24N4O5S/c1-16-23(25-17(2)30-36-18(25)3)13-24(26(32)29-16)27(33)31(21-7-5-6-20(12-21)14-28)15-19-8-10-22(11-9-19)37(4,34)35/h5-13H,15H2,1-4H3,(H,29,32). The number of hydrogen-bond acceptors (Lipinski definition) is 7. The van der Waals surface area contributed by atoms with Crippen molar-refractivity contribution in [2.75, 3.05) is 11.2 Å². The van der Waals surface area contributed by atoms with Gasteiger partial charge in [-0.2, -0.15) is 5.26 Å². The molecule has 1 amide bonds. The third kappa shape index (κ3) is 5.22. The average molecular weight is 517 g/mol. The zero-order chi connectivity index (χ0) is 26.9. The first-order valence-electron chi connectivity index (χ1n) is 11.3. The Hall–Kier alpha value is -4.49. The Kier molecular flexibility index (Phi) is 6.83. The van der Waals surface area contributed by atoms with Crippen molar-refractivity contribution in [2.24, 2.45) is 0 Å². The maximum atomic E-state index is 13.9. The smallest absolute Gasteiger partial charge is 0.264 e. The summed E-state index contributed by atoms with van der Waals surface area (Å²) in [5, 5.41) is 13.4. The van der Waals surface area contributed by atoms with Crippen LogP contribution in [0.3, 0.4) is 0 Å². The number of sulfone groups is 1. The van der Waals surface area contributed by atoms with E-state index >= 15 is 0 Å². The molecule has 2 aromatic heterocycles. The average Bonchev–Trinajstić information content (AvgIpc) is 3.19. The van der Waals surface area contributed by atoms with E-state index in [1.807, 2.05) is 0 Å². The number of anilines is 1. The van der Waals surface area contributed by atoms with Crippen LogP contribution in [-0.2, 0) is 16.4 Å². The van der Waals surface area contributed by atoms with Gasteiger partial charge in [-0.25, -0.2) is 8.42 Å². The molecule has 0 bridgehead atoms. The van der Waals surface area contributed by atoms with E-state index in [1.54, 1.807) is 57.2 Å². The first kappa shape index (κ1) is 25.6. The van der Waals surface area contributed by atoms with Crippen LogP contribution in [0.5, 0.6) is 0 Å². The van der Waals surface area contributed by atoms with Crippen molar-refractivity contribution in [1.29, 1.82) is 5.26 Å². The van der Waals surface area contributed by atoms with Crippen molar-refractivity contribution < 1.29 is 17.7 Å². The lowest BCUT2D eigenvalue weighted by atomic mass is 10.0. The SMILES string of the molecule is Cc1noc(C)c1-c1cc(C(=O)N(Cc2ccc(S(C)(=O)=O)cc2)c2cccc(C#N)c2)c(=O)[nH]c1C. The highest BCUT2D eigenvalue weighted by molar-refractivity contribution is 7.90. The van der Waals surface area contributed by atoms with Crippen molar-refractivity contribution in [2.45, 2.75) is 32.2 Å². The number of nitrogens with zero attached hydrogens (tertiary/aromatic N) is 3. The van der Waals surface area contributed by atoms with Crippen molar-refractivity contribution in [1.82, 2.24) is 10.1 Å². The van der Waals surface area contributed by atoms with Crippen LogP contribution < -0.4 is 10.5 Å². The normalized spacial score (nSPS) is 11.2. The number of carbonyl (C=O) groups excluding carboxylic acids is 1. The van der Waals surface area contributed by atoms with Gasteiger partial charge in [-0.05, 0) is 62.7 Å². The zero-order valence-corrected chi connectivity index (χ0v) is 21.5. The molecule has 37 heavy (non-hydrogen) atoms. The van der Waals surface area contributed by atoms with Crippen molar-refractivity contribution in [3.63, 3.8) is 0 Å². The first-order chi connectivity index (χ1) is 17.5. The molecule has 0 unspecified atom stereocenters. The summed E-state index contributed by atoms with van der Waals surface area (Å²) >= 11 is 0. The molecule has 0 aliphatic carbocycles. The number of hydrogen-bond donors (Lipinski definition) is 1. The van der Waals surface area contributed by atoms with Crippen molar-refractivity contribution in [3.8, 4) is 17.2 Å². The van der Waals surface area contributed by atoms with Gasteiger partial charge in [0.1, 0.15) is 11.3 Å². The molecule has 0 atom stereocenters. The van der Waals surface area contributed by atoms with Crippen LogP contribution in [0.15, 0.2) is 68.8 Å². The predicted octanol–water partition coefficient (Wildman–Crippen LogP) is 4.08. The fraction of sp³-hybridized carbons (Fsp3) is 0.185. The molecule has 4 aromatic rings. The number of nitrogens with one attached hydrogen (secondary N) is 1. The number of aryl methyl sites for hydroxylation is 3. The molecular formula is C27H24N4O5S. The van der Waals surface area contributed by atoms with Gasteiger partial charge >= 0.3 is 0 Å². The highest BCUT2D eigenvalue weighted by Crippen LogP contribution is 2.30. The quantitative estimate of drug-likeness (QED) is 0.408. The molecule has 0 fully saturated rings. The lowest BCUT2D eigenvalue weighted by Gasteiger charge is -2.23. The monoisotopic (exact) mass is 516 g/mol. The summed E-state index contributed by atoms with van der Waals surface area (Å²) in [5.41, 5.74) is 3.22. The number of aromatic amines is 1. The minimum absolute atomic E-state index is 0.0335. The molecule has 188 valence electrons. The van der Waals surface area contributed by atoms with E-state index in [-0.39, 0.29) is 17.0 Å². The number of rotatable bonds is 6. The van der Waals surface area contributed by atoms with E-state index < -0.39 is 21.3 Å². The fourth-order valence-corrected chi connectivity index (χ4v) is 4.73. The van der Waals surface area contributed by atoms with Gasteiger partial charge in [0.2, 0.25) is 0 Å². The second-order valence-corrected chi connectivity index (χ2v) is 10.7. The highest BCUT2D eigenvalue weighted by Gasteiger charge is 2.24. The van der Waals surface area contributed by atoms with Crippen molar-refractivity contribution in [3.05, 3.63) is 98.8 Å². The van der Waals surface area contributed by atoms with E-state index in [9.17, 15) is 23.3 Å². The number of benzene rings is 2. The molecule has 0 saturated heterocycles. The Morgan fingerprint density at radius 2 is 1.81 bits per heavy atom. The van der Waals surface area contributed by atoms with Gasteiger partial charge in [-0.3, -0.25) is 9.59 Å². The van der Waals surface area contributed by atoms with Gasteiger partial charge in [0.15, 0.2) is 9.84 Å². The minimum Gasteiger partial charge on any atom is -0.361 e. The van der Waals surface area contributed by atoms with Gasteiger partial charge in [-0.15, -0.1) is 0 Å². The molecule has 2 aromatic carbocycles. The Morgan fingerprint density at radius 3 is 2.41 bits per heavy atom. The number of pyridine rings is 1. The van der Waals surface area contributed by atoms with Crippen LogP contribution in [0.25, 0.3) is 11.1 Å². The largest absolute Gasteiger partial charge is 0.361 e. The maximum absolute atomic E-state index is 13.9. The van der Waals surface area contributed by atoms with Gasteiger partial charge in [0.25, 0.3) is 11.5 Å². The van der Waals surface area contributed by atoms with E-state index in [1.165, 1.54) is 23.1 Å². The molecule has 0 spiro atoms. The number of nitriles is 1. The highest BCUT2D eigenvalue weighted by atomic mass is 32.2. The summed E-state index contributed by atoms with van der Waals surface area (Å²) in [5.74, 6) is -0.0351. The Balaban J connectivity index is 1.83. The maximum Gasteiger partial charge on any atom is 0.264 e. The lowest BCUT2D eigenvalue weighted by molar-refractivity contribution is 0.0983. The van der Waals surface area contributed by atoms with Crippen LogP contribution in [0.4, 0.5) is 5.69 Å². The lowest BCUT2D eigenvalue weighted by Crippen LogP contribution is -2.35. The molecular weight excluding hydrogens is 492 g/mol. The molecule has 10 heteroatoms. The van der Waals surface area contributed by atoms with Crippen LogP contribution >= 0.6 is 0 Å². The molecule has 0 radical (unpaired) electrons. The Bertz CT molecular complexity index is 1690. The predicted molar refractivity (Wildman–Crippen MR) is 138 cm³/mol. The molecule has 1 N–H and O–H groups in total. The molecule has 0 aliphatic rings. The van der Waals surface area contributed by atoms with Crippen LogP contribution in [-0.4, -0.2) is 30.7 Å². The molecule has 0 saturated carbocycles. The van der Waals surface area contributed by atoms with E-state index in [0.29, 0.717) is 45.1 Å². The van der Waals surface area contributed by atoms with Crippen LogP contribution in [0.2, 0.25) is 0 Å². The van der Waals surface area contributed by atoms with Gasteiger partial charge in [0.05, 0.1) is 28.8 Å². The zero-order valence-electron chi connectivity index (χ0n) is 20.7. The summed E-state index contributed by atoms with van der Waals surface area (Å²) < 4.78 is 29.0. The summed E-state index contributed by atoms with van der Waals surface area (Å²) in [6.07, 6.45) is 1.12. The summed E-state index contributed by atoms with van der Waals surface area (Å²) in [7, 11) is -3.39. The Labute approximate surface area is 213 Å². The second kappa shape index (κ2) is 9.87. The minimum atomic E-state index is -3.39. The summed E-state index contributed by atoms with van der Waals surface area (Å²) in [6.45, 7) is 5.29. The fourth-order valence-electron chi connectivity index (χ4n) is 4.10. The number of H-pyrrole nitrogens is 1. The second-order valence-electron chi connectivity index (χ2n) is 8.72. The summed E-state index contributed by atoms with van der Waals surface area (Å²) in [4.78, 5) is 31.2. The number of aromatic nitrogens is 2. The van der Waals surface area contributed by atoms with E-state index in [2.05, 4.69) is 16.2 Å². The topological polar surface area (TPSA) is 137 Å². The van der Waals surface area contributed by atoms with Crippen LogP contribution in [0, 0.1) is 32.1 Å². The van der Waals surface area contributed by atoms with Gasteiger partial charge in [0, 0.05) is 28.8 Å². The van der Waals surface area contributed by atoms with E-state index in [4.69, 9.17) is 4.52 Å². The third-order valence-corrected chi connectivity index (χ3v) is 7.12. The molecule has 0 aliphatic heterocycles. The van der Waals surface area contributed by atoms with Crippen molar-refractivity contribution >= 4 is 21.4 Å². The van der Waals surface area contributed by atoms with Gasteiger partial charge < -0.3 is 14.4 Å². The molecule has 2 heterocycles.